The van der Waals surface area contributed by atoms with E-state index in [-0.39, 0.29) is 5.91 Å². The summed E-state index contributed by atoms with van der Waals surface area (Å²) in [5.74, 6) is 0.532. The monoisotopic (exact) mass is 253 g/mol. The number of rotatable bonds is 3. The van der Waals surface area contributed by atoms with E-state index in [1.54, 1.807) is 6.07 Å². The molecule has 4 nitrogen and oxygen atoms in total. The standard InChI is InChI=1S/C12H19N3OS/c1-15-5-2-3-9(8-15)7-14-12(16)11-10(13)4-6-17-11/h4,6,9H,2-3,5,7-8,13H2,1H3,(H,14,16). The largest absolute Gasteiger partial charge is 0.397 e. The van der Waals surface area contributed by atoms with Crippen LogP contribution in [-0.2, 0) is 0 Å². The highest BCUT2D eigenvalue weighted by Gasteiger charge is 2.18. The molecule has 1 aromatic rings. The second kappa shape index (κ2) is 5.51. The van der Waals surface area contributed by atoms with Gasteiger partial charge in [-0.15, -0.1) is 11.3 Å². The van der Waals surface area contributed by atoms with Crippen LogP contribution < -0.4 is 11.1 Å². The average Bonchev–Trinajstić information content (AvgIpc) is 2.72. The quantitative estimate of drug-likeness (QED) is 0.856. The highest BCUT2D eigenvalue weighted by Crippen LogP contribution is 2.19. The number of piperidine rings is 1. The molecule has 5 heteroatoms. The molecule has 0 aliphatic carbocycles. The maximum absolute atomic E-state index is 11.9. The summed E-state index contributed by atoms with van der Waals surface area (Å²) in [6.45, 7) is 2.99. The lowest BCUT2D eigenvalue weighted by atomic mass is 9.98. The number of amides is 1. The first-order chi connectivity index (χ1) is 8.16. The van der Waals surface area contributed by atoms with Crippen LogP contribution in [0.25, 0.3) is 0 Å². The second-order valence-electron chi connectivity index (χ2n) is 4.69. The Balaban J connectivity index is 1.82. The molecule has 0 aromatic carbocycles. The molecule has 0 radical (unpaired) electrons. The molecule has 3 N–H and O–H groups in total. The summed E-state index contributed by atoms with van der Waals surface area (Å²) in [6, 6.07) is 1.77. The van der Waals surface area contributed by atoms with Gasteiger partial charge in [0.15, 0.2) is 0 Å². The number of hydrogen-bond donors (Lipinski definition) is 2. The molecule has 1 fully saturated rings. The van der Waals surface area contributed by atoms with Gasteiger partial charge in [0.1, 0.15) is 4.88 Å². The number of hydrogen-bond acceptors (Lipinski definition) is 4. The van der Waals surface area contributed by atoms with Gasteiger partial charge in [0.2, 0.25) is 0 Å². The fourth-order valence-electron chi connectivity index (χ4n) is 2.26. The normalized spacial score (nSPS) is 21.4. The van der Waals surface area contributed by atoms with Crippen molar-refractivity contribution in [2.45, 2.75) is 12.8 Å². The minimum Gasteiger partial charge on any atom is -0.397 e. The van der Waals surface area contributed by atoms with Crippen LogP contribution in [0.15, 0.2) is 11.4 Å². The third kappa shape index (κ3) is 3.20. The minimum absolute atomic E-state index is 0.0364. The molecule has 1 unspecified atom stereocenters. The Kier molecular flexibility index (Phi) is 4.02. The number of nitrogens with zero attached hydrogens (tertiary/aromatic N) is 1. The van der Waals surface area contributed by atoms with Crippen molar-refractivity contribution in [3.05, 3.63) is 16.3 Å². The number of anilines is 1. The molecule has 1 aliphatic heterocycles. The molecular formula is C12H19N3OS. The number of carbonyl (C=O) groups excluding carboxylic acids is 1. The summed E-state index contributed by atoms with van der Waals surface area (Å²) in [5, 5.41) is 4.83. The maximum atomic E-state index is 11.9. The van der Waals surface area contributed by atoms with Gasteiger partial charge in [-0.05, 0) is 43.8 Å². The lowest BCUT2D eigenvalue weighted by molar-refractivity contribution is 0.0941. The molecule has 0 saturated carbocycles. The molecule has 2 rings (SSSR count). The summed E-state index contributed by atoms with van der Waals surface area (Å²) in [6.07, 6.45) is 2.42. The predicted molar refractivity (Wildman–Crippen MR) is 71.3 cm³/mol. The molecular weight excluding hydrogens is 234 g/mol. The van der Waals surface area contributed by atoms with Crippen LogP contribution in [0.3, 0.4) is 0 Å². The van der Waals surface area contributed by atoms with Gasteiger partial charge in [0, 0.05) is 13.1 Å². The molecule has 2 heterocycles. The Hall–Kier alpha value is -1.07. The fraction of sp³-hybridized carbons (Fsp3) is 0.583. The molecule has 0 spiro atoms. The SMILES string of the molecule is CN1CCCC(CNC(=O)c2sccc2N)C1. The van der Waals surface area contributed by atoms with Crippen LogP contribution in [0.1, 0.15) is 22.5 Å². The maximum Gasteiger partial charge on any atom is 0.263 e. The van der Waals surface area contributed by atoms with E-state index in [0.29, 0.717) is 16.5 Å². The lowest BCUT2D eigenvalue weighted by Gasteiger charge is -2.29. The zero-order chi connectivity index (χ0) is 12.3. The highest BCUT2D eigenvalue weighted by atomic mass is 32.1. The van der Waals surface area contributed by atoms with Gasteiger partial charge in [0.25, 0.3) is 5.91 Å². The van der Waals surface area contributed by atoms with E-state index in [4.69, 9.17) is 5.73 Å². The highest BCUT2D eigenvalue weighted by molar-refractivity contribution is 7.12. The molecule has 1 amide bonds. The Labute approximate surface area is 106 Å². The van der Waals surface area contributed by atoms with Crippen LogP contribution in [0, 0.1) is 5.92 Å². The summed E-state index contributed by atoms with van der Waals surface area (Å²) in [5.41, 5.74) is 6.29. The average molecular weight is 253 g/mol. The van der Waals surface area contributed by atoms with Crippen molar-refractivity contribution in [1.29, 1.82) is 0 Å². The van der Waals surface area contributed by atoms with Crippen molar-refractivity contribution < 1.29 is 4.79 Å². The second-order valence-corrected chi connectivity index (χ2v) is 5.60. The van der Waals surface area contributed by atoms with Gasteiger partial charge in [-0.3, -0.25) is 4.79 Å². The van der Waals surface area contributed by atoms with Crippen LogP contribution in [-0.4, -0.2) is 37.5 Å². The van der Waals surface area contributed by atoms with Crippen molar-refractivity contribution in [2.75, 3.05) is 32.4 Å². The number of nitrogen functional groups attached to an aromatic ring is 1. The Morgan fingerprint density at radius 1 is 1.71 bits per heavy atom. The van der Waals surface area contributed by atoms with E-state index in [9.17, 15) is 4.79 Å². The van der Waals surface area contributed by atoms with Gasteiger partial charge in [0.05, 0.1) is 5.69 Å². The summed E-state index contributed by atoms with van der Waals surface area (Å²) in [4.78, 5) is 14.8. The van der Waals surface area contributed by atoms with Crippen LogP contribution in [0.2, 0.25) is 0 Å². The van der Waals surface area contributed by atoms with Gasteiger partial charge in [-0.2, -0.15) is 0 Å². The van der Waals surface area contributed by atoms with E-state index in [2.05, 4.69) is 17.3 Å². The van der Waals surface area contributed by atoms with E-state index >= 15 is 0 Å². The van der Waals surface area contributed by atoms with Crippen molar-refractivity contribution in [3.63, 3.8) is 0 Å². The fourth-order valence-corrected chi connectivity index (χ4v) is 2.99. The van der Waals surface area contributed by atoms with Crippen LogP contribution >= 0.6 is 11.3 Å². The van der Waals surface area contributed by atoms with E-state index in [1.807, 2.05) is 5.38 Å². The molecule has 94 valence electrons. The van der Waals surface area contributed by atoms with Crippen LogP contribution in [0.5, 0.6) is 0 Å². The van der Waals surface area contributed by atoms with Crippen LogP contribution in [0.4, 0.5) is 5.69 Å². The lowest BCUT2D eigenvalue weighted by Crippen LogP contribution is -2.39. The number of likely N-dealkylation sites (tertiary alicyclic amines) is 1. The number of nitrogens with one attached hydrogen (secondary N) is 1. The topological polar surface area (TPSA) is 58.4 Å². The predicted octanol–water partition coefficient (Wildman–Crippen LogP) is 1.40. The zero-order valence-corrected chi connectivity index (χ0v) is 10.9. The number of nitrogens with two attached hydrogens (primary N) is 1. The summed E-state index contributed by atoms with van der Waals surface area (Å²) in [7, 11) is 2.13. The number of thiophene rings is 1. The zero-order valence-electron chi connectivity index (χ0n) is 10.1. The van der Waals surface area contributed by atoms with E-state index in [0.717, 1.165) is 13.1 Å². The number of carbonyl (C=O) groups is 1. The van der Waals surface area contributed by atoms with E-state index in [1.165, 1.54) is 30.7 Å². The molecule has 1 aromatic heterocycles. The molecule has 17 heavy (non-hydrogen) atoms. The smallest absolute Gasteiger partial charge is 0.263 e. The van der Waals surface area contributed by atoms with Crippen molar-refractivity contribution in [3.8, 4) is 0 Å². The molecule has 0 bridgehead atoms. The first kappa shape index (κ1) is 12.4. The first-order valence-corrected chi connectivity index (χ1v) is 6.84. The summed E-state index contributed by atoms with van der Waals surface area (Å²) < 4.78 is 0. The third-order valence-electron chi connectivity index (χ3n) is 3.18. The van der Waals surface area contributed by atoms with Gasteiger partial charge in [-0.25, -0.2) is 0 Å². The van der Waals surface area contributed by atoms with Gasteiger partial charge < -0.3 is 16.0 Å². The first-order valence-electron chi connectivity index (χ1n) is 5.96. The Morgan fingerprint density at radius 2 is 2.53 bits per heavy atom. The van der Waals surface area contributed by atoms with Gasteiger partial charge >= 0.3 is 0 Å². The summed E-state index contributed by atoms with van der Waals surface area (Å²) >= 11 is 1.40. The van der Waals surface area contributed by atoms with Crippen molar-refractivity contribution in [1.82, 2.24) is 10.2 Å². The molecule has 1 atom stereocenters. The molecule has 1 aliphatic rings. The third-order valence-corrected chi connectivity index (χ3v) is 4.10. The van der Waals surface area contributed by atoms with Gasteiger partial charge in [-0.1, -0.05) is 0 Å². The van der Waals surface area contributed by atoms with Crippen molar-refractivity contribution >= 4 is 22.9 Å². The Morgan fingerprint density at radius 3 is 3.18 bits per heavy atom. The van der Waals surface area contributed by atoms with E-state index < -0.39 is 0 Å². The minimum atomic E-state index is -0.0364. The molecule has 1 saturated heterocycles. The van der Waals surface area contributed by atoms with Crippen molar-refractivity contribution in [2.24, 2.45) is 5.92 Å². The Bertz CT molecular complexity index is 391.